The Morgan fingerprint density at radius 3 is 2.44 bits per heavy atom. The van der Waals surface area contributed by atoms with Crippen molar-refractivity contribution in [2.75, 3.05) is 54.4 Å². The standard InChI is InChI=1S/C24H28O8/c1-27-10-11-30-15-22(26)31-12-13-32-23-19(7-9-21(28-2)24(23)29-3)17-4-6-18-16(14-17)5-8-20(18)25/h4,6-7,9,14H,5,8,10-13,15H2,1-3H3. The number of Topliss-reactive ketones (excluding diaryl/α,β-unsaturated/α-hetero) is 1. The molecule has 0 aromatic heterocycles. The van der Waals surface area contributed by atoms with Crippen molar-refractivity contribution in [2.45, 2.75) is 12.8 Å². The molecule has 8 heteroatoms. The van der Waals surface area contributed by atoms with Crippen LogP contribution in [0.2, 0.25) is 0 Å². The number of hydrogen-bond donors (Lipinski definition) is 0. The molecule has 0 saturated carbocycles. The molecule has 0 saturated heterocycles. The summed E-state index contributed by atoms with van der Waals surface area (Å²) in [7, 11) is 4.64. The van der Waals surface area contributed by atoms with Gasteiger partial charge in [0.2, 0.25) is 5.75 Å². The van der Waals surface area contributed by atoms with Crippen molar-refractivity contribution < 1.29 is 38.0 Å². The van der Waals surface area contributed by atoms with E-state index in [1.54, 1.807) is 20.3 Å². The number of carbonyl (C=O) groups is 2. The second-order valence-electron chi connectivity index (χ2n) is 7.09. The fourth-order valence-electron chi connectivity index (χ4n) is 3.53. The van der Waals surface area contributed by atoms with Gasteiger partial charge in [0.15, 0.2) is 17.3 Å². The van der Waals surface area contributed by atoms with Crippen molar-refractivity contribution in [2.24, 2.45) is 0 Å². The molecule has 2 aromatic carbocycles. The Labute approximate surface area is 187 Å². The van der Waals surface area contributed by atoms with Crippen LogP contribution in [0, 0.1) is 0 Å². The monoisotopic (exact) mass is 444 g/mol. The molecule has 0 N–H and O–H groups in total. The van der Waals surface area contributed by atoms with E-state index >= 15 is 0 Å². The van der Waals surface area contributed by atoms with E-state index in [2.05, 4.69) is 0 Å². The number of aryl methyl sites for hydroxylation is 1. The Kier molecular flexibility index (Phi) is 8.47. The molecule has 0 radical (unpaired) electrons. The van der Waals surface area contributed by atoms with Crippen molar-refractivity contribution in [1.82, 2.24) is 0 Å². The zero-order valence-electron chi connectivity index (χ0n) is 18.6. The minimum absolute atomic E-state index is 0.0466. The SMILES string of the molecule is COCCOCC(=O)OCCOc1c(-c2ccc3c(c2)CCC3=O)ccc(OC)c1OC. The Bertz CT molecular complexity index is 953. The second kappa shape index (κ2) is 11.5. The van der Waals surface area contributed by atoms with E-state index in [1.165, 1.54) is 7.11 Å². The van der Waals surface area contributed by atoms with Crippen molar-refractivity contribution in [1.29, 1.82) is 0 Å². The normalized spacial score (nSPS) is 12.4. The summed E-state index contributed by atoms with van der Waals surface area (Å²) in [5.74, 6) is 1.12. The minimum Gasteiger partial charge on any atom is -0.493 e. The van der Waals surface area contributed by atoms with Gasteiger partial charge in [-0.15, -0.1) is 0 Å². The predicted octanol–water partition coefficient (Wildman–Crippen LogP) is 3.08. The minimum atomic E-state index is -0.481. The molecule has 0 spiro atoms. The topological polar surface area (TPSA) is 89.5 Å². The molecule has 3 rings (SSSR count). The molecule has 2 aromatic rings. The number of ketones is 1. The molecule has 0 heterocycles. The van der Waals surface area contributed by atoms with E-state index in [9.17, 15) is 9.59 Å². The van der Waals surface area contributed by atoms with Crippen LogP contribution >= 0.6 is 0 Å². The first-order valence-corrected chi connectivity index (χ1v) is 10.4. The lowest BCUT2D eigenvalue weighted by Crippen LogP contribution is -2.18. The number of rotatable bonds is 12. The summed E-state index contributed by atoms with van der Waals surface area (Å²) in [5, 5.41) is 0. The van der Waals surface area contributed by atoms with Gasteiger partial charge >= 0.3 is 5.97 Å². The van der Waals surface area contributed by atoms with Gasteiger partial charge in [-0.3, -0.25) is 4.79 Å². The highest BCUT2D eigenvalue weighted by Crippen LogP contribution is 2.45. The highest BCUT2D eigenvalue weighted by atomic mass is 16.6. The predicted molar refractivity (Wildman–Crippen MR) is 117 cm³/mol. The van der Waals surface area contributed by atoms with Crippen LogP contribution in [0.5, 0.6) is 17.2 Å². The van der Waals surface area contributed by atoms with Crippen LogP contribution in [0.4, 0.5) is 0 Å². The van der Waals surface area contributed by atoms with E-state index in [1.807, 2.05) is 24.3 Å². The first kappa shape index (κ1) is 23.6. The Morgan fingerprint density at radius 2 is 1.69 bits per heavy atom. The summed E-state index contributed by atoms with van der Waals surface area (Å²) < 4.78 is 32.1. The number of esters is 1. The zero-order chi connectivity index (χ0) is 22.9. The van der Waals surface area contributed by atoms with Crippen LogP contribution < -0.4 is 14.2 Å². The van der Waals surface area contributed by atoms with Crippen molar-refractivity contribution in [3.8, 4) is 28.4 Å². The summed E-state index contributed by atoms with van der Waals surface area (Å²) >= 11 is 0. The lowest BCUT2D eigenvalue weighted by atomic mass is 9.99. The van der Waals surface area contributed by atoms with Crippen molar-refractivity contribution in [3.05, 3.63) is 41.5 Å². The van der Waals surface area contributed by atoms with Crippen LogP contribution in [0.25, 0.3) is 11.1 Å². The van der Waals surface area contributed by atoms with Crippen LogP contribution in [-0.2, 0) is 25.4 Å². The second-order valence-corrected chi connectivity index (χ2v) is 7.09. The van der Waals surface area contributed by atoms with Gasteiger partial charge in [-0.05, 0) is 29.7 Å². The van der Waals surface area contributed by atoms with Gasteiger partial charge in [-0.25, -0.2) is 4.79 Å². The van der Waals surface area contributed by atoms with Gasteiger partial charge < -0.3 is 28.4 Å². The molecule has 0 unspecified atom stereocenters. The maximum absolute atomic E-state index is 12.0. The number of ether oxygens (including phenoxy) is 6. The molecule has 172 valence electrons. The largest absolute Gasteiger partial charge is 0.493 e. The lowest BCUT2D eigenvalue weighted by molar-refractivity contribution is -0.150. The molecule has 0 atom stereocenters. The fourth-order valence-corrected chi connectivity index (χ4v) is 3.53. The van der Waals surface area contributed by atoms with Gasteiger partial charge in [0.25, 0.3) is 0 Å². The maximum Gasteiger partial charge on any atom is 0.332 e. The number of fused-ring (bicyclic) bond motifs is 1. The smallest absolute Gasteiger partial charge is 0.332 e. The third-order valence-corrected chi connectivity index (χ3v) is 5.08. The number of carbonyl (C=O) groups excluding carboxylic acids is 2. The number of benzene rings is 2. The van der Waals surface area contributed by atoms with E-state index in [-0.39, 0.29) is 25.6 Å². The molecule has 0 aliphatic heterocycles. The highest BCUT2D eigenvalue weighted by molar-refractivity contribution is 6.01. The summed E-state index contributed by atoms with van der Waals surface area (Å²) in [6.07, 6.45) is 1.27. The van der Waals surface area contributed by atoms with E-state index in [4.69, 9.17) is 28.4 Å². The summed E-state index contributed by atoms with van der Waals surface area (Å²) in [6.45, 7) is 0.740. The van der Waals surface area contributed by atoms with Crippen LogP contribution in [0.1, 0.15) is 22.3 Å². The molecular formula is C24H28O8. The Morgan fingerprint density at radius 1 is 0.875 bits per heavy atom. The maximum atomic E-state index is 12.0. The average molecular weight is 444 g/mol. The van der Waals surface area contributed by atoms with E-state index < -0.39 is 5.97 Å². The van der Waals surface area contributed by atoms with Gasteiger partial charge in [-0.1, -0.05) is 18.2 Å². The van der Waals surface area contributed by atoms with Crippen molar-refractivity contribution >= 4 is 11.8 Å². The van der Waals surface area contributed by atoms with Crippen LogP contribution in [-0.4, -0.2) is 66.1 Å². The molecular weight excluding hydrogens is 416 g/mol. The zero-order valence-corrected chi connectivity index (χ0v) is 18.6. The van der Waals surface area contributed by atoms with Crippen LogP contribution in [0.15, 0.2) is 30.3 Å². The summed E-state index contributed by atoms with van der Waals surface area (Å²) in [4.78, 5) is 23.7. The first-order valence-electron chi connectivity index (χ1n) is 10.4. The van der Waals surface area contributed by atoms with Gasteiger partial charge in [-0.2, -0.15) is 0 Å². The van der Waals surface area contributed by atoms with Crippen LogP contribution in [0.3, 0.4) is 0 Å². The van der Waals surface area contributed by atoms with Gasteiger partial charge in [0, 0.05) is 24.7 Å². The molecule has 8 nitrogen and oxygen atoms in total. The molecule has 0 fully saturated rings. The Balaban J connectivity index is 1.73. The van der Waals surface area contributed by atoms with Gasteiger partial charge in [0.05, 0.1) is 27.4 Å². The molecule has 0 bridgehead atoms. The molecule has 1 aliphatic rings. The fraction of sp³-hybridized carbons (Fsp3) is 0.417. The summed E-state index contributed by atoms with van der Waals surface area (Å²) in [6, 6.07) is 9.44. The number of methoxy groups -OCH3 is 3. The number of hydrogen-bond acceptors (Lipinski definition) is 8. The average Bonchev–Trinajstić information content (AvgIpc) is 3.18. The third kappa shape index (κ3) is 5.57. The van der Waals surface area contributed by atoms with E-state index in [0.717, 1.165) is 28.7 Å². The van der Waals surface area contributed by atoms with Gasteiger partial charge in [0.1, 0.15) is 19.8 Å². The molecule has 32 heavy (non-hydrogen) atoms. The van der Waals surface area contributed by atoms with E-state index in [0.29, 0.717) is 36.9 Å². The first-order chi connectivity index (χ1) is 15.6. The Hall–Kier alpha value is -3.10. The third-order valence-electron chi connectivity index (χ3n) is 5.08. The summed E-state index contributed by atoms with van der Waals surface area (Å²) in [5.41, 5.74) is 3.49. The highest BCUT2D eigenvalue weighted by Gasteiger charge is 2.22. The quantitative estimate of drug-likeness (QED) is 0.365. The molecule has 1 aliphatic carbocycles. The lowest BCUT2D eigenvalue weighted by Gasteiger charge is -2.18. The van der Waals surface area contributed by atoms with Crippen molar-refractivity contribution in [3.63, 3.8) is 0 Å². The molecule has 0 amide bonds.